The van der Waals surface area contributed by atoms with Crippen LogP contribution in [-0.2, 0) is 9.53 Å². The number of aromatic amines is 3. The highest BCUT2D eigenvalue weighted by Gasteiger charge is 2.51. The maximum Gasteiger partial charge on any atom is 0.407 e. The lowest BCUT2D eigenvalue weighted by atomic mass is 9.78. The number of imidazole rings is 3. The first-order valence-corrected chi connectivity index (χ1v) is 19.8. The van der Waals surface area contributed by atoms with E-state index < -0.39 is 12.1 Å². The molecule has 3 fully saturated rings. The van der Waals surface area contributed by atoms with Crippen molar-refractivity contribution in [1.82, 2.24) is 45.1 Å². The number of fused-ring (bicyclic) bond motifs is 2. The zero-order valence-corrected chi connectivity index (χ0v) is 31.9. The number of carbonyl (C=O) groups excluding carboxylic acids is 2. The lowest BCUT2D eigenvalue weighted by Gasteiger charge is -2.30. The van der Waals surface area contributed by atoms with Gasteiger partial charge in [0.25, 0.3) is 0 Å². The molecular formula is C44H47N9O3. The summed E-state index contributed by atoms with van der Waals surface area (Å²) in [5.74, 6) is 4.50. The number of hydrogen-bond donors (Lipinski definition) is 4. The molecule has 9 rings (SSSR count). The minimum Gasteiger partial charge on any atom is -0.453 e. The van der Waals surface area contributed by atoms with E-state index in [0.717, 1.165) is 75.2 Å². The van der Waals surface area contributed by atoms with Crippen molar-refractivity contribution < 1.29 is 14.3 Å². The number of likely N-dealkylation sites (tertiary alicyclic amines) is 1. The molecule has 2 saturated carbocycles. The Balaban J connectivity index is 0.872. The summed E-state index contributed by atoms with van der Waals surface area (Å²) in [5, 5.41) is 2.71. The summed E-state index contributed by atoms with van der Waals surface area (Å²) in [6.45, 7) is 4.45. The van der Waals surface area contributed by atoms with E-state index >= 15 is 0 Å². The fourth-order valence-electron chi connectivity index (χ4n) is 9.43. The average Bonchev–Trinajstić information content (AvgIpc) is 4.10. The van der Waals surface area contributed by atoms with Crippen molar-refractivity contribution in [3.8, 4) is 44.9 Å². The third kappa shape index (κ3) is 6.67. The molecule has 2 bridgehead atoms. The third-order valence-electron chi connectivity index (χ3n) is 12.3. The Morgan fingerprint density at radius 3 is 2.04 bits per heavy atom. The van der Waals surface area contributed by atoms with E-state index in [4.69, 9.17) is 19.7 Å². The molecule has 2 amide bonds. The van der Waals surface area contributed by atoms with E-state index in [1.807, 2.05) is 49.6 Å². The van der Waals surface area contributed by atoms with Crippen LogP contribution in [0, 0.1) is 17.8 Å². The normalized spacial score (nSPS) is 22.1. The molecule has 6 aromatic rings. The number of pyridine rings is 1. The molecule has 1 saturated heterocycles. The van der Waals surface area contributed by atoms with E-state index in [2.05, 4.69) is 79.9 Å². The van der Waals surface area contributed by atoms with Gasteiger partial charge >= 0.3 is 6.09 Å². The Labute approximate surface area is 326 Å². The smallest absolute Gasteiger partial charge is 0.407 e. The number of carbonyl (C=O) groups is 2. The maximum atomic E-state index is 13.6. The van der Waals surface area contributed by atoms with Crippen LogP contribution in [0.3, 0.4) is 0 Å². The fourth-order valence-corrected chi connectivity index (χ4v) is 9.43. The molecule has 3 unspecified atom stereocenters. The monoisotopic (exact) mass is 749 g/mol. The minimum absolute atomic E-state index is 0.0883. The molecule has 4 aromatic heterocycles. The quantitative estimate of drug-likeness (QED) is 0.110. The van der Waals surface area contributed by atoms with Crippen LogP contribution in [-0.4, -0.2) is 71.5 Å². The predicted molar refractivity (Wildman–Crippen MR) is 213 cm³/mol. The second kappa shape index (κ2) is 14.9. The molecule has 0 spiro atoms. The van der Waals surface area contributed by atoms with Gasteiger partial charge in [0.05, 0.1) is 42.6 Å². The first-order chi connectivity index (χ1) is 27.3. The molecule has 5 heterocycles. The second-order valence-corrected chi connectivity index (χ2v) is 15.9. The highest BCUT2D eigenvalue weighted by atomic mass is 16.5. The first-order valence-electron chi connectivity index (χ1n) is 19.8. The number of methoxy groups -OCH3 is 1. The second-order valence-electron chi connectivity index (χ2n) is 15.9. The third-order valence-corrected chi connectivity index (χ3v) is 12.3. The van der Waals surface area contributed by atoms with Gasteiger partial charge in [0.15, 0.2) is 0 Å². The number of rotatable bonds is 10. The van der Waals surface area contributed by atoms with Crippen molar-refractivity contribution >= 4 is 12.0 Å². The number of hydrogen-bond acceptors (Lipinski definition) is 7. The number of ether oxygens (including phenoxy) is 1. The van der Waals surface area contributed by atoms with E-state index in [0.29, 0.717) is 30.2 Å². The number of amides is 2. The van der Waals surface area contributed by atoms with Crippen LogP contribution in [0.4, 0.5) is 4.79 Å². The number of aromatic nitrogens is 7. The van der Waals surface area contributed by atoms with Crippen LogP contribution < -0.4 is 5.32 Å². The predicted octanol–water partition coefficient (Wildman–Crippen LogP) is 8.26. The Bertz CT molecular complexity index is 2310. The van der Waals surface area contributed by atoms with Crippen LogP contribution in [0.5, 0.6) is 0 Å². The van der Waals surface area contributed by atoms with Crippen molar-refractivity contribution in [1.29, 1.82) is 0 Å². The van der Waals surface area contributed by atoms with Crippen molar-refractivity contribution in [3.05, 3.63) is 109 Å². The highest BCUT2D eigenvalue weighted by Crippen LogP contribution is 2.60. The lowest BCUT2D eigenvalue weighted by molar-refractivity contribution is -0.135. The molecule has 1 aliphatic heterocycles. The molecule has 286 valence electrons. The van der Waals surface area contributed by atoms with Crippen molar-refractivity contribution in [2.24, 2.45) is 17.8 Å². The van der Waals surface area contributed by atoms with Gasteiger partial charge in [-0.05, 0) is 84.2 Å². The van der Waals surface area contributed by atoms with Gasteiger partial charge in [0.2, 0.25) is 5.91 Å². The van der Waals surface area contributed by atoms with Gasteiger partial charge in [-0.3, -0.25) is 9.78 Å². The fraction of sp³-hybridized carbons (Fsp3) is 0.364. The summed E-state index contributed by atoms with van der Waals surface area (Å²) in [6, 6.07) is 20.2. The highest BCUT2D eigenvalue weighted by molar-refractivity contribution is 5.86. The van der Waals surface area contributed by atoms with Gasteiger partial charge in [-0.25, -0.2) is 19.7 Å². The Morgan fingerprint density at radius 2 is 1.41 bits per heavy atom. The largest absolute Gasteiger partial charge is 0.453 e. The van der Waals surface area contributed by atoms with Crippen LogP contribution in [0.2, 0.25) is 0 Å². The number of H-pyrrole nitrogens is 3. The van der Waals surface area contributed by atoms with E-state index in [1.165, 1.54) is 26.4 Å². The number of benzene rings is 2. The zero-order chi connectivity index (χ0) is 38.3. The van der Waals surface area contributed by atoms with Crippen molar-refractivity contribution in [2.75, 3.05) is 13.7 Å². The summed E-state index contributed by atoms with van der Waals surface area (Å²) < 4.78 is 4.77. The van der Waals surface area contributed by atoms with Gasteiger partial charge in [0, 0.05) is 42.5 Å². The first kappa shape index (κ1) is 35.6. The van der Waals surface area contributed by atoms with Crippen molar-refractivity contribution in [3.63, 3.8) is 0 Å². The molecule has 0 radical (unpaired) electrons. The SMILES string of the molecule is COC(=O)NC(C(=O)N1CCC[C@H]1c1ncc(-c2ccc(-c3ccc(-c4cnc([C@H]5C6CCC(C6)[C@@H]5c5nc(-c6cccnc6)c[nH]5)[nH]4)cc3)cc2)[nH]1)C(C)C. The maximum absolute atomic E-state index is 13.6. The molecule has 4 N–H and O–H groups in total. The summed E-state index contributed by atoms with van der Waals surface area (Å²) in [5.41, 5.74) is 8.24. The van der Waals surface area contributed by atoms with Gasteiger partial charge in [-0.1, -0.05) is 62.4 Å². The average molecular weight is 750 g/mol. The number of alkyl carbamates (subject to hydrolysis) is 1. The Morgan fingerprint density at radius 1 is 0.786 bits per heavy atom. The molecule has 56 heavy (non-hydrogen) atoms. The number of nitrogens with zero attached hydrogens (tertiary/aromatic N) is 5. The van der Waals surface area contributed by atoms with Crippen LogP contribution in [0.25, 0.3) is 44.9 Å². The lowest BCUT2D eigenvalue weighted by Crippen LogP contribution is -2.51. The molecule has 2 aromatic carbocycles. The summed E-state index contributed by atoms with van der Waals surface area (Å²) in [6.07, 6.45) is 14.2. The Hall–Kier alpha value is -6.04. The molecule has 6 atom stereocenters. The standard InChI is InChI=1S/C44H47N9O3/c1-25(2)39(52-44(55)56-3)43(54)53-19-5-7-36(53)40-46-22-33(49-40)28-12-8-26(9-13-28)27-10-14-29(15-11-27)34-23-47-41(50-34)37-30-16-17-31(20-30)38(37)42-48-24-35(51-42)32-6-4-18-45-21-32/h4,6,8-15,18,21-25,30-31,36-39H,5,7,16-17,19-20H2,1-3H3,(H,46,49)(H,47,50)(H,48,51)(H,52,55)/t30?,31?,36-,37-,38-,39?/m0/s1. The van der Waals surface area contributed by atoms with Gasteiger partial charge in [0.1, 0.15) is 23.5 Å². The number of nitrogens with one attached hydrogen (secondary N) is 4. The molecule has 12 heteroatoms. The van der Waals surface area contributed by atoms with E-state index in [1.54, 1.807) is 6.20 Å². The van der Waals surface area contributed by atoms with Gasteiger partial charge < -0.3 is 29.9 Å². The van der Waals surface area contributed by atoms with Crippen LogP contribution in [0.1, 0.15) is 81.3 Å². The van der Waals surface area contributed by atoms with Crippen LogP contribution in [0.15, 0.2) is 91.6 Å². The minimum atomic E-state index is -0.670. The molecule has 12 nitrogen and oxygen atoms in total. The van der Waals surface area contributed by atoms with E-state index in [-0.39, 0.29) is 17.9 Å². The zero-order valence-electron chi connectivity index (χ0n) is 31.9. The molecule has 2 aliphatic carbocycles. The van der Waals surface area contributed by atoms with E-state index in [9.17, 15) is 9.59 Å². The summed E-state index contributed by atoms with van der Waals surface area (Å²) in [7, 11) is 1.30. The van der Waals surface area contributed by atoms with Crippen LogP contribution >= 0.6 is 0 Å². The van der Waals surface area contributed by atoms with Gasteiger partial charge in [-0.2, -0.15) is 0 Å². The molecular weight excluding hydrogens is 703 g/mol. The summed E-state index contributed by atoms with van der Waals surface area (Å²) >= 11 is 0. The van der Waals surface area contributed by atoms with Crippen molar-refractivity contribution in [2.45, 2.75) is 69.9 Å². The Kier molecular flexibility index (Phi) is 9.48. The van der Waals surface area contributed by atoms with Gasteiger partial charge in [-0.15, -0.1) is 0 Å². The topological polar surface area (TPSA) is 158 Å². The summed E-state index contributed by atoms with van der Waals surface area (Å²) in [4.78, 5) is 57.1. The molecule has 3 aliphatic rings.